The number of hydrogen-bond acceptors (Lipinski definition) is 4. The summed E-state index contributed by atoms with van der Waals surface area (Å²) in [5, 5.41) is 8.44. The number of aryl methyl sites for hydroxylation is 1. The van der Waals surface area contributed by atoms with Gasteiger partial charge in [0.2, 0.25) is 0 Å². The van der Waals surface area contributed by atoms with E-state index >= 15 is 0 Å². The number of hydrogen-bond donors (Lipinski definition) is 2. The summed E-state index contributed by atoms with van der Waals surface area (Å²) in [4.78, 5) is 24.2. The fourth-order valence-electron chi connectivity index (χ4n) is 1.46. The number of para-hydroxylation sites is 1. The molecule has 0 fully saturated rings. The van der Waals surface area contributed by atoms with Crippen LogP contribution in [0, 0.1) is 6.92 Å². The maximum absolute atomic E-state index is 11.7. The monoisotopic (exact) mass is 321 g/mol. The first-order chi connectivity index (χ1) is 10.1. The molecule has 0 atom stereocenters. The summed E-state index contributed by atoms with van der Waals surface area (Å²) in [5.74, 6) is -1.69. The van der Waals surface area contributed by atoms with Crippen LogP contribution in [0.4, 0.5) is 5.69 Å². The van der Waals surface area contributed by atoms with Gasteiger partial charge >= 0.3 is 11.8 Å². The molecular formula is C14H12ClN3O2S. The van der Waals surface area contributed by atoms with Crippen molar-refractivity contribution in [3.8, 4) is 0 Å². The van der Waals surface area contributed by atoms with E-state index < -0.39 is 11.8 Å². The van der Waals surface area contributed by atoms with Crippen LogP contribution in [0.1, 0.15) is 10.4 Å². The van der Waals surface area contributed by atoms with Gasteiger partial charge in [-0.25, -0.2) is 5.43 Å². The maximum Gasteiger partial charge on any atom is 0.329 e. The molecule has 21 heavy (non-hydrogen) atoms. The Morgan fingerprint density at radius 1 is 1.24 bits per heavy atom. The minimum Gasteiger partial charge on any atom is -0.316 e. The molecule has 0 aliphatic carbocycles. The van der Waals surface area contributed by atoms with Crippen molar-refractivity contribution in [3.05, 3.63) is 51.2 Å². The molecule has 0 aliphatic heterocycles. The van der Waals surface area contributed by atoms with Crippen molar-refractivity contribution in [2.45, 2.75) is 6.92 Å². The first-order valence-corrected chi connectivity index (χ1v) is 7.26. The van der Waals surface area contributed by atoms with Gasteiger partial charge < -0.3 is 5.32 Å². The quantitative estimate of drug-likeness (QED) is 0.518. The number of hydrazone groups is 1. The number of thiophene rings is 1. The fourth-order valence-corrected chi connectivity index (χ4v) is 2.43. The number of anilines is 1. The van der Waals surface area contributed by atoms with Gasteiger partial charge in [-0.05, 0) is 36.1 Å². The van der Waals surface area contributed by atoms with Crippen LogP contribution < -0.4 is 10.7 Å². The Labute approximate surface area is 130 Å². The van der Waals surface area contributed by atoms with Gasteiger partial charge in [0, 0.05) is 4.88 Å². The van der Waals surface area contributed by atoms with E-state index in [1.807, 2.05) is 18.4 Å². The Morgan fingerprint density at radius 3 is 2.67 bits per heavy atom. The van der Waals surface area contributed by atoms with Crippen LogP contribution in [0.25, 0.3) is 0 Å². The normalized spacial score (nSPS) is 10.6. The topological polar surface area (TPSA) is 70.6 Å². The molecule has 0 saturated carbocycles. The van der Waals surface area contributed by atoms with E-state index in [9.17, 15) is 9.59 Å². The molecule has 0 bridgehead atoms. The van der Waals surface area contributed by atoms with Gasteiger partial charge in [0.1, 0.15) is 0 Å². The van der Waals surface area contributed by atoms with Crippen LogP contribution in [0.3, 0.4) is 0 Å². The maximum atomic E-state index is 11.7. The smallest absolute Gasteiger partial charge is 0.316 e. The molecule has 2 rings (SSSR count). The summed E-state index contributed by atoms with van der Waals surface area (Å²) in [6, 6.07) is 8.60. The third-order valence-electron chi connectivity index (χ3n) is 2.58. The van der Waals surface area contributed by atoms with E-state index in [0.29, 0.717) is 10.7 Å². The molecule has 0 aliphatic rings. The molecule has 0 unspecified atom stereocenters. The lowest BCUT2D eigenvalue weighted by Gasteiger charge is -2.05. The molecule has 1 heterocycles. The number of nitrogens with one attached hydrogen (secondary N) is 2. The summed E-state index contributed by atoms with van der Waals surface area (Å²) in [6.45, 7) is 1.93. The molecule has 0 radical (unpaired) electrons. The lowest BCUT2D eigenvalue weighted by atomic mass is 10.3. The highest BCUT2D eigenvalue weighted by Crippen LogP contribution is 2.20. The summed E-state index contributed by atoms with van der Waals surface area (Å²) in [7, 11) is 0. The Bertz CT molecular complexity index is 697. The van der Waals surface area contributed by atoms with Crippen LogP contribution >= 0.6 is 22.9 Å². The van der Waals surface area contributed by atoms with Crippen molar-refractivity contribution in [2.24, 2.45) is 5.10 Å². The first-order valence-electron chi connectivity index (χ1n) is 6.01. The van der Waals surface area contributed by atoms with Crippen molar-refractivity contribution in [2.75, 3.05) is 5.32 Å². The van der Waals surface area contributed by atoms with Gasteiger partial charge in [0.05, 0.1) is 16.9 Å². The number of halogens is 1. The second kappa shape index (κ2) is 7.01. The van der Waals surface area contributed by atoms with E-state index in [4.69, 9.17) is 11.6 Å². The number of carbonyl (C=O) groups is 2. The third-order valence-corrected chi connectivity index (χ3v) is 3.86. The fraction of sp³-hybridized carbons (Fsp3) is 0.0714. The number of amides is 2. The zero-order chi connectivity index (χ0) is 15.2. The number of rotatable bonds is 3. The third kappa shape index (κ3) is 4.14. The Morgan fingerprint density at radius 2 is 2.00 bits per heavy atom. The molecule has 5 nitrogen and oxygen atoms in total. The summed E-state index contributed by atoms with van der Waals surface area (Å²) < 4.78 is 0. The first kappa shape index (κ1) is 15.2. The van der Waals surface area contributed by atoms with Gasteiger partial charge in [0.25, 0.3) is 0 Å². The molecule has 7 heteroatoms. The van der Waals surface area contributed by atoms with Crippen molar-refractivity contribution < 1.29 is 9.59 Å². The van der Waals surface area contributed by atoms with Crippen molar-refractivity contribution >= 4 is 46.7 Å². The Hall–Kier alpha value is -2.18. The number of nitrogens with zero attached hydrogens (tertiary/aromatic N) is 1. The molecule has 2 N–H and O–H groups in total. The van der Waals surface area contributed by atoms with Crippen molar-refractivity contribution in [1.29, 1.82) is 0 Å². The SMILES string of the molecule is Cc1ccsc1/C=N\NC(=O)C(=O)Nc1ccccc1Cl. The highest BCUT2D eigenvalue weighted by atomic mass is 35.5. The van der Waals surface area contributed by atoms with E-state index in [0.717, 1.165) is 10.4 Å². The molecule has 1 aromatic carbocycles. The molecular weight excluding hydrogens is 310 g/mol. The minimum atomic E-state index is -0.861. The van der Waals surface area contributed by atoms with E-state index in [1.165, 1.54) is 17.6 Å². The molecule has 1 aromatic heterocycles. The zero-order valence-corrected chi connectivity index (χ0v) is 12.7. The average Bonchev–Trinajstić information content (AvgIpc) is 2.87. The van der Waals surface area contributed by atoms with E-state index in [-0.39, 0.29) is 0 Å². The molecule has 2 aromatic rings. The molecule has 0 saturated heterocycles. The van der Waals surface area contributed by atoms with Gasteiger partial charge in [-0.2, -0.15) is 5.10 Å². The zero-order valence-electron chi connectivity index (χ0n) is 11.1. The molecule has 2 amide bonds. The van der Waals surface area contributed by atoms with Gasteiger partial charge in [0.15, 0.2) is 0 Å². The Kier molecular flexibility index (Phi) is 5.08. The number of carbonyl (C=O) groups excluding carboxylic acids is 2. The lowest BCUT2D eigenvalue weighted by Crippen LogP contribution is -2.32. The van der Waals surface area contributed by atoms with Crippen molar-refractivity contribution in [3.63, 3.8) is 0 Å². The van der Waals surface area contributed by atoms with Gasteiger partial charge in [-0.1, -0.05) is 23.7 Å². The second-order valence-corrected chi connectivity index (χ2v) is 5.46. The van der Waals surface area contributed by atoms with Crippen LogP contribution in [0.5, 0.6) is 0 Å². The largest absolute Gasteiger partial charge is 0.329 e. The van der Waals surface area contributed by atoms with Crippen LogP contribution in [-0.4, -0.2) is 18.0 Å². The molecule has 0 spiro atoms. The summed E-state index contributed by atoms with van der Waals surface area (Å²) in [6.07, 6.45) is 1.50. The summed E-state index contributed by atoms with van der Waals surface area (Å²) in [5.41, 5.74) is 3.60. The lowest BCUT2D eigenvalue weighted by molar-refractivity contribution is -0.136. The standard InChI is InChI=1S/C14H12ClN3O2S/c1-9-6-7-21-12(9)8-16-18-14(20)13(19)17-11-5-3-2-4-10(11)15/h2-8H,1H3,(H,17,19)(H,18,20)/b16-8-. The van der Waals surface area contributed by atoms with Crippen LogP contribution in [-0.2, 0) is 9.59 Å². The van der Waals surface area contributed by atoms with E-state index in [1.54, 1.807) is 24.3 Å². The average molecular weight is 322 g/mol. The number of benzene rings is 1. The Balaban J connectivity index is 1.92. The second-order valence-electron chi connectivity index (χ2n) is 4.10. The predicted molar refractivity (Wildman–Crippen MR) is 84.9 cm³/mol. The van der Waals surface area contributed by atoms with Gasteiger partial charge in [-0.15, -0.1) is 11.3 Å². The highest BCUT2D eigenvalue weighted by molar-refractivity contribution is 7.11. The van der Waals surface area contributed by atoms with E-state index in [2.05, 4.69) is 15.8 Å². The van der Waals surface area contributed by atoms with Crippen LogP contribution in [0.15, 0.2) is 40.8 Å². The van der Waals surface area contributed by atoms with Crippen molar-refractivity contribution in [1.82, 2.24) is 5.43 Å². The highest BCUT2D eigenvalue weighted by Gasteiger charge is 2.14. The van der Waals surface area contributed by atoms with Gasteiger partial charge in [-0.3, -0.25) is 9.59 Å². The summed E-state index contributed by atoms with van der Waals surface area (Å²) >= 11 is 7.38. The molecule has 108 valence electrons. The minimum absolute atomic E-state index is 0.358. The van der Waals surface area contributed by atoms with Crippen LogP contribution in [0.2, 0.25) is 5.02 Å². The predicted octanol–water partition coefficient (Wildman–Crippen LogP) is 2.80.